The molecule has 1 unspecified atom stereocenters. The van der Waals surface area contributed by atoms with Crippen molar-refractivity contribution in [2.24, 2.45) is 0 Å². The maximum Gasteiger partial charge on any atom is 0.329 e. The Bertz CT molecular complexity index is 1120. The minimum Gasteiger partial charge on any atom is -0.495 e. The summed E-state index contributed by atoms with van der Waals surface area (Å²) in [6, 6.07) is 20.9. The van der Waals surface area contributed by atoms with Crippen LogP contribution in [0.15, 0.2) is 78.9 Å². The first-order valence-corrected chi connectivity index (χ1v) is 10.5. The van der Waals surface area contributed by atoms with Crippen molar-refractivity contribution >= 4 is 35.1 Å². The molecule has 0 saturated carbocycles. The molecule has 2 N–H and O–H groups in total. The molecule has 0 radical (unpaired) electrons. The standard InChI is InChI=1S/C25H23ClN2O5/c1-16(27-23(29)18-11-7-4-8-12-18)25(31)33-22(17-9-5-3-6-10-17)24(30)28-19-13-14-21(32-2)20(26)15-19/h3-16,22H,1-2H3,(H,27,29)(H,28,30)/t16-,22?/m0/s1. The summed E-state index contributed by atoms with van der Waals surface area (Å²) in [5.74, 6) is -1.29. The molecule has 0 bridgehead atoms. The number of hydrogen-bond acceptors (Lipinski definition) is 5. The number of ether oxygens (including phenoxy) is 2. The van der Waals surface area contributed by atoms with E-state index < -0.39 is 29.9 Å². The van der Waals surface area contributed by atoms with E-state index in [1.807, 2.05) is 0 Å². The number of carbonyl (C=O) groups excluding carboxylic acids is 3. The normalized spacial score (nSPS) is 12.2. The van der Waals surface area contributed by atoms with Crippen molar-refractivity contribution < 1.29 is 23.9 Å². The fourth-order valence-corrected chi connectivity index (χ4v) is 3.26. The van der Waals surface area contributed by atoms with E-state index >= 15 is 0 Å². The first-order chi connectivity index (χ1) is 15.9. The van der Waals surface area contributed by atoms with E-state index in [1.54, 1.807) is 72.8 Å². The molecule has 2 atom stereocenters. The molecular weight excluding hydrogens is 444 g/mol. The Kier molecular flexibility index (Phi) is 8.05. The highest BCUT2D eigenvalue weighted by molar-refractivity contribution is 6.32. The summed E-state index contributed by atoms with van der Waals surface area (Å²) in [6.45, 7) is 1.49. The smallest absolute Gasteiger partial charge is 0.329 e. The average Bonchev–Trinajstić information content (AvgIpc) is 2.83. The molecule has 0 fully saturated rings. The predicted octanol–water partition coefficient (Wildman–Crippen LogP) is 4.39. The van der Waals surface area contributed by atoms with Crippen LogP contribution in [-0.4, -0.2) is 30.9 Å². The van der Waals surface area contributed by atoms with Gasteiger partial charge in [-0.2, -0.15) is 0 Å². The molecule has 0 aliphatic rings. The Morgan fingerprint density at radius 3 is 2.15 bits per heavy atom. The van der Waals surface area contributed by atoms with Crippen LogP contribution in [-0.2, 0) is 14.3 Å². The molecule has 7 nitrogen and oxygen atoms in total. The lowest BCUT2D eigenvalue weighted by molar-refractivity contribution is -0.156. The number of methoxy groups -OCH3 is 1. The van der Waals surface area contributed by atoms with Gasteiger partial charge in [-0.25, -0.2) is 4.79 Å². The van der Waals surface area contributed by atoms with Crippen LogP contribution in [0.2, 0.25) is 5.02 Å². The molecule has 0 aromatic heterocycles. The number of nitrogens with one attached hydrogen (secondary N) is 2. The van der Waals surface area contributed by atoms with Crippen molar-refractivity contribution in [3.05, 3.63) is 95.0 Å². The number of halogens is 1. The van der Waals surface area contributed by atoms with Gasteiger partial charge in [-0.15, -0.1) is 0 Å². The first-order valence-electron chi connectivity index (χ1n) is 10.1. The summed E-state index contributed by atoms with van der Waals surface area (Å²) in [7, 11) is 1.49. The maximum atomic E-state index is 13.0. The van der Waals surface area contributed by atoms with Crippen molar-refractivity contribution in [1.82, 2.24) is 5.32 Å². The van der Waals surface area contributed by atoms with E-state index in [4.69, 9.17) is 21.1 Å². The molecule has 3 aromatic carbocycles. The topological polar surface area (TPSA) is 93.7 Å². The summed E-state index contributed by atoms with van der Waals surface area (Å²) in [5, 5.41) is 5.61. The largest absolute Gasteiger partial charge is 0.495 e. The van der Waals surface area contributed by atoms with E-state index in [9.17, 15) is 14.4 Å². The number of amides is 2. The fraction of sp³-hybridized carbons (Fsp3) is 0.160. The van der Waals surface area contributed by atoms with Gasteiger partial charge in [0.25, 0.3) is 11.8 Å². The summed E-state index contributed by atoms with van der Waals surface area (Å²) in [5.41, 5.74) is 1.30. The summed E-state index contributed by atoms with van der Waals surface area (Å²) in [4.78, 5) is 38.1. The van der Waals surface area contributed by atoms with Crippen LogP contribution >= 0.6 is 11.6 Å². The summed E-state index contributed by atoms with van der Waals surface area (Å²) >= 11 is 6.13. The molecule has 8 heteroatoms. The molecule has 2 amide bonds. The molecule has 170 valence electrons. The Hall–Kier alpha value is -3.84. The van der Waals surface area contributed by atoms with Gasteiger partial charge in [-0.05, 0) is 37.3 Å². The van der Waals surface area contributed by atoms with Crippen molar-refractivity contribution in [2.45, 2.75) is 19.1 Å². The lowest BCUT2D eigenvalue weighted by atomic mass is 10.1. The van der Waals surface area contributed by atoms with Crippen LogP contribution in [0.1, 0.15) is 28.9 Å². The van der Waals surface area contributed by atoms with Gasteiger partial charge in [0.15, 0.2) is 0 Å². The third kappa shape index (κ3) is 6.33. The zero-order chi connectivity index (χ0) is 23.8. The Morgan fingerprint density at radius 1 is 0.909 bits per heavy atom. The third-order valence-corrected chi connectivity index (χ3v) is 5.03. The van der Waals surface area contributed by atoms with Gasteiger partial charge >= 0.3 is 5.97 Å². The molecule has 0 heterocycles. The molecule has 0 saturated heterocycles. The van der Waals surface area contributed by atoms with Crippen LogP contribution in [0.4, 0.5) is 5.69 Å². The maximum absolute atomic E-state index is 13.0. The highest BCUT2D eigenvalue weighted by Gasteiger charge is 2.28. The number of benzene rings is 3. The zero-order valence-electron chi connectivity index (χ0n) is 18.1. The average molecular weight is 467 g/mol. The minimum atomic E-state index is -1.24. The van der Waals surface area contributed by atoms with Crippen LogP contribution < -0.4 is 15.4 Å². The number of hydrogen-bond donors (Lipinski definition) is 2. The molecule has 0 aliphatic carbocycles. The molecule has 3 rings (SSSR count). The van der Waals surface area contributed by atoms with Crippen molar-refractivity contribution in [1.29, 1.82) is 0 Å². The van der Waals surface area contributed by atoms with Gasteiger partial charge < -0.3 is 20.1 Å². The molecule has 33 heavy (non-hydrogen) atoms. The van der Waals surface area contributed by atoms with Crippen LogP contribution in [0.25, 0.3) is 0 Å². The van der Waals surface area contributed by atoms with Crippen LogP contribution in [0.5, 0.6) is 5.75 Å². The Balaban J connectivity index is 1.74. The monoisotopic (exact) mass is 466 g/mol. The Labute approximate surface area is 196 Å². The fourth-order valence-electron chi connectivity index (χ4n) is 3.00. The summed E-state index contributed by atoms with van der Waals surface area (Å²) < 4.78 is 10.6. The second-order valence-electron chi connectivity index (χ2n) is 7.13. The van der Waals surface area contributed by atoms with Gasteiger partial charge in [0.2, 0.25) is 6.10 Å². The minimum absolute atomic E-state index is 0.320. The van der Waals surface area contributed by atoms with Gasteiger partial charge in [0.1, 0.15) is 11.8 Å². The van der Waals surface area contributed by atoms with Gasteiger partial charge in [0.05, 0.1) is 12.1 Å². The number of anilines is 1. The molecule has 0 spiro atoms. The number of carbonyl (C=O) groups is 3. The number of esters is 1. The highest BCUT2D eigenvalue weighted by Crippen LogP contribution is 2.28. The van der Waals surface area contributed by atoms with E-state index in [1.165, 1.54) is 20.1 Å². The number of rotatable bonds is 8. The molecule has 3 aromatic rings. The van der Waals surface area contributed by atoms with E-state index in [0.29, 0.717) is 27.6 Å². The lowest BCUT2D eigenvalue weighted by Gasteiger charge is -2.21. The first kappa shape index (κ1) is 23.8. The molecular formula is C25H23ClN2O5. The summed E-state index contributed by atoms with van der Waals surface area (Å²) in [6.07, 6.45) is -1.24. The second kappa shape index (κ2) is 11.2. The van der Waals surface area contributed by atoms with Gasteiger partial charge in [-0.1, -0.05) is 60.1 Å². The molecule has 0 aliphatic heterocycles. The Morgan fingerprint density at radius 2 is 1.55 bits per heavy atom. The third-order valence-electron chi connectivity index (χ3n) is 4.73. The zero-order valence-corrected chi connectivity index (χ0v) is 18.8. The quantitative estimate of drug-likeness (QED) is 0.480. The van der Waals surface area contributed by atoms with E-state index in [2.05, 4.69) is 10.6 Å². The van der Waals surface area contributed by atoms with Gasteiger partial charge in [0, 0.05) is 16.8 Å². The second-order valence-corrected chi connectivity index (χ2v) is 7.53. The van der Waals surface area contributed by atoms with Crippen molar-refractivity contribution in [3.8, 4) is 5.75 Å². The van der Waals surface area contributed by atoms with Crippen molar-refractivity contribution in [2.75, 3.05) is 12.4 Å². The van der Waals surface area contributed by atoms with Crippen LogP contribution in [0, 0.1) is 0 Å². The predicted molar refractivity (Wildman–Crippen MR) is 125 cm³/mol. The lowest BCUT2D eigenvalue weighted by Crippen LogP contribution is -2.41. The van der Waals surface area contributed by atoms with Gasteiger partial charge in [-0.3, -0.25) is 9.59 Å². The van der Waals surface area contributed by atoms with Crippen molar-refractivity contribution in [3.63, 3.8) is 0 Å². The van der Waals surface area contributed by atoms with E-state index in [-0.39, 0.29) is 0 Å². The SMILES string of the molecule is COc1ccc(NC(=O)C(OC(=O)[C@H](C)NC(=O)c2ccccc2)c2ccccc2)cc1Cl. The highest BCUT2D eigenvalue weighted by atomic mass is 35.5. The van der Waals surface area contributed by atoms with E-state index in [0.717, 1.165) is 0 Å². The van der Waals surface area contributed by atoms with Crippen LogP contribution in [0.3, 0.4) is 0 Å².